The van der Waals surface area contributed by atoms with Crippen molar-refractivity contribution in [2.24, 2.45) is 0 Å². The topological polar surface area (TPSA) is 73.6 Å². The highest BCUT2D eigenvalue weighted by Crippen LogP contribution is 2.30. The van der Waals surface area contributed by atoms with Crippen molar-refractivity contribution in [3.8, 4) is 23.0 Å². The Bertz CT molecular complexity index is 949. The maximum Gasteiger partial charge on any atom is 0.230 e. The van der Waals surface area contributed by atoms with Gasteiger partial charge in [-0.2, -0.15) is 0 Å². The predicted molar refractivity (Wildman–Crippen MR) is 107 cm³/mol. The molecule has 0 radical (unpaired) electrons. The van der Waals surface area contributed by atoms with Crippen LogP contribution in [0, 0.1) is 6.92 Å². The van der Waals surface area contributed by atoms with E-state index < -0.39 is 0 Å². The maximum atomic E-state index is 12.3. The molecule has 1 amide bonds. The average molecular weight is 380 g/mol. The number of rotatable bonds is 8. The van der Waals surface area contributed by atoms with Crippen LogP contribution in [0.3, 0.4) is 0 Å². The molecular formula is C22H24N2O4. The minimum Gasteiger partial charge on any atom is -0.496 e. The monoisotopic (exact) mass is 380 g/mol. The zero-order valence-electron chi connectivity index (χ0n) is 16.3. The van der Waals surface area contributed by atoms with Crippen LogP contribution in [-0.2, 0) is 17.6 Å². The first-order chi connectivity index (χ1) is 13.6. The van der Waals surface area contributed by atoms with Crippen LogP contribution in [-0.4, -0.2) is 31.7 Å². The zero-order valence-corrected chi connectivity index (χ0v) is 16.3. The Morgan fingerprint density at radius 2 is 1.71 bits per heavy atom. The highest BCUT2D eigenvalue weighted by molar-refractivity contribution is 5.78. The van der Waals surface area contributed by atoms with Gasteiger partial charge in [-0.1, -0.05) is 30.3 Å². The number of oxazole rings is 1. The van der Waals surface area contributed by atoms with Crippen molar-refractivity contribution in [3.63, 3.8) is 0 Å². The second kappa shape index (κ2) is 9.08. The van der Waals surface area contributed by atoms with E-state index in [-0.39, 0.29) is 12.3 Å². The van der Waals surface area contributed by atoms with Crippen LogP contribution < -0.4 is 14.8 Å². The van der Waals surface area contributed by atoms with Crippen LogP contribution >= 0.6 is 0 Å². The van der Waals surface area contributed by atoms with Gasteiger partial charge in [0, 0.05) is 6.54 Å². The van der Waals surface area contributed by atoms with Gasteiger partial charge in [-0.25, -0.2) is 4.98 Å². The van der Waals surface area contributed by atoms with Gasteiger partial charge < -0.3 is 19.2 Å². The number of amides is 1. The van der Waals surface area contributed by atoms with Gasteiger partial charge in [-0.15, -0.1) is 0 Å². The number of carbonyl (C=O) groups is 1. The minimum absolute atomic E-state index is 0.0992. The number of para-hydroxylation sites is 2. The van der Waals surface area contributed by atoms with Gasteiger partial charge in [0.25, 0.3) is 0 Å². The summed E-state index contributed by atoms with van der Waals surface area (Å²) in [5.74, 6) is 2.48. The lowest BCUT2D eigenvalue weighted by Crippen LogP contribution is -2.27. The van der Waals surface area contributed by atoms with Gasteiger partial charge in [0.1, 0.15) is 17.3 Å². The van der Waals surface area contributed by atoms with Crippen molar-refractivity contribution in [1.29, 1.82) is 0 Å². The molecule has 3 rings (SSSR count). The van der Waals surface area contributed by atoms with Gasteiger partial charge in [0.05, 0.1) is 31.9 Å². The molecule has 0 aliphatic carbocycles. The van der Waals surface area contributed by atoms with Crippen molar-refractivity contribution in [2.75, 3.05) is 20.8 Å². The van der Waals surface area contributed by atoms with Crippen LogP contribution in [0.1, 0.15) is 17.0 Å². The summed E-state index contributed by atoms with van der Waals surface area (Å²) in [4.78, 5) is 16.8. The summed E-state index contributed by atoms with van der Waals surface area (Å²) in [6, 6.07) is 15.3. The molecular weight excluding hydrogens is 356 g/mol. The number of carbonyl (C=O) groups excluding carboxylic acids is 1. The van der Waals surface area contributed by atoms with E-state index in [2.05, 4.69) is 10.3 Å². The Kier molecular flexibility index (Phi) is 6.32. The van der Waals surface area contributed by atoms with E-state index >= 15 is 0 Å². The lowest BCUT2D eigenvalue weighted by Gasteiger charge is -2.08. The first-order valence-corrected chi connectivity index (χ1v) is 9.10. The zero-order chi connectivity index (χ0) is 19.9. The van der Waals surface area contributed by atoms with E-state index in [1.807, 2.05) is 55.5 Å². The Hall–Kier alpha value is -3.28. The van der Waals surface area contributed by atoms with Gasteiger partial charge in [-0.3, -0.25) is 4.79 Å². The standard InChI is InChI=1S/C22H24N2O4/c1-15-18(24-22(28-15)17-9-5-7-11-20(17)27-3)14-21(25)23-13-12-16-8-4-6-10-19(16)26-2/h4-11H,12-14H2,1-3H3,(H,23,25). The predicted octanol–water partition coefficient (Wildman–Crippen LogP) is 3.57. The largest absolute Gasteiger partial charge is 0.496 e. The van der Waals surface area contributed by atoms with Crippen molar-refractivity contribution in [3.05, 3.63) is 65.5 Å². The molecule has 28 heavy (non-hydrogen) atoms. The number of ether oxygens (including phenoxy) is 2. The van der Waals surface area contributed by atoms with Crippen LogP contribution in [0.5, 0.6) is 11.5 Å². The molecule has 0 atom stereocenters. The highest BCUT2D eigenvalue weighted by Gasteiger charge is 2.17. The molecule has 0 aliphatic heterocycles. The molecule has 6 nitrogen and oxygen atoms in total. The number of nitrogens with one attached hydrogen (secondary N) is 1. The SMILES string of the molecule is COc1ccccc1CCNC(=O)Cc1nc(-c2ccccc2OC)oc1C. The number of methoxy groups -OCH3 is 2. The Labute approximate surface area is 164 Å². The molecule has 0 saturated heterocycles. The molecule has 2 aromatic carbocycles. The summed E-state index contributed by atoms with van der Waals surface area (Å²) in [6.07, 6.45) is 0.858. The summed E-state index contributed by atoms with van der Waals surface area (Å²) in [5.41, 5.74) is 2.44. The lowest BCUT2D eigenvalue weighted by atomic mass is 10.1. The van der Waals surface area contributed by atoms with Gasteiger partial charge >= 0.3 is 0 Å². The highest BCUT2D eigenvalue weighted by atomic mass is 16.5. The molecule has 0 spiro atoms. The first-order valence-electron chi connectivity index (χ1n) is 9.10. The van der Waals surface area contributed by atoms with Crippen molar-refractivity contribution in [1.82, 2.24) is 10.3 Å². The van der Waals surface area contributed by atoms with E-state index in [9.17, 15) is 4.79 Å². The fourth-order valence-corrected chi connectivity index (χ4v) is 2.99. The summed E-state index contributed by atoms with van der Waals surface area (Å²) in [5, 5.41) is 2.93. The number of nitrogens with zero attached hydrogens (tertiary/aromatic N) is 1. The Balaban J connectivity index is 1.61. The molecule has 0 aliphatic rings. The molecule has 3 aromatic rings. The quantitative estimate of drug-likeness (QED) is 0.647. The molecule has 1 heterocycles. The summed E-state index contributed by atoms with van der Waals surface area (Å²) < 4.78 is 16.4. The van der Waals surface area contributed by atoms with Gasteiger partial charge in [0.15, 0.2) is 0 Å². The van der Waals surface area contributed by atoms with Crippen LogP contribution in [0.4, 0.5) is 0 Å². The molecule has 1 N–H and O–H groups in total. The molecule has 0 fully saturated rings. The van der Waals surface area contributed by atoms with E-state index in [4.69, 9.17) is 13.9 Å². The number of aromatic nitrogens is 1. The van der Waals surface area contributed by atoms with Gasteiger partial charge in [0.2, 0.25) is 11.8 Å². The minimum atomic E-state index is -0.0992. The molecule has 1 aromatic heterocycles. The number of aryl methyl sites for hydroxylation is 1. The van der Waals surface area contributed by atoms with Crippen molar-refractivity contribution >= 4 is 5.91 Å². The first kappa shape index (κ1) is 19.5. The third-order valence-electron chi connectivity index (χ3n) is 4.47. The third-order valence-corrected chi connectivity index (χ3v) is 4.47. The second-order valence-corrected chi connectivity index (χ2v) is 6.31. The molecule has 0 unspecified atom stereocenters. The third kappa shape index (κ3) is 4.52. The van der Waals surface area contributed by atoms with Gasteiger partial charge in [-0.05, 0) is 37.1 Å². The van der Waals surface area contributed by atoms with Crippen LogP contribution in [0.25, 0.3) is 11.5 Å². The molecule has 0 saturated carbocycles. The molecule has 0 bridgehead atoms. The summed E-state index contributed by atoms with van der Waals surface area (Å²) in [7, 11) is 3.24. The summed E-state index contributed by atoms with van der Waals surface area (Å²) in [6.45, 7) is 2.33. The van der Waals surface area contributed by atoms with E-state index in [1.165, 1.54) is 0 Å². The fraction of sp³-hybridized carbons (Fsp3) is 0.273. The normalized spacial score (nSPS) is 10.5. The number of hydrogen-bond donors (Lipinski definition) is 1. The Morgan fingerprint density at radius 1 is 1.04 bits per heavy atom. The molecule has 6 heteroatoms. The fourth-order valence-electron chi connectivity index (χ4n) is 2.99. The second-order valence-electron chi connectivity index (χ2n) is 6.31. The van der Waals surface area contributed by atoms with Crippen molar-refractivity contribution in [2.45, 2.75) is 19.8 Å². The number of hydrogen-bond acceptors (Lipinski definition) is 5. The van der Waals surface area contributed by atoms with Crippen LogP contribution in [0.15, 0.2) is 52.9 Å². The lowest BCUT2D eigenvalue weighted by molar-refractivity contribution is -0.120. The maximum absolute atomic E-state index is 12.3. The smallest absolute Gasteiger partial charge is 0.230 e. The molecule has 146 valence electrons. The van der Waals surface area contributed by atoms with E-state index in [0.29, 0.717) is 36.1 Å². The Morgan fingerprint density at radius 3 is 2.46 bits per heavy atom. The van der Waals surface area contributed by atoms with E-state index in [0.717, 1.165) is 16.9 Å². The van der Waals surface area contributed by atoms with Crippen molar-refractivity contribution < 1.29 is 18.7 Å². The van der Waals surface area contributed by atoms with Crippen LogP contribution in [0.2, 0.25) is 0 Å². The van der Waals surface area contributed by atoms with E-state index in [1.54, 1.807) is 14.2 Å². The summed E-state index contributed by atoms with van der Waals surface area (Å²) >= 11 is 0. The average Bonchev–Trinajstić information content (AvgIpc) is 3.08. The number of benzene rings is 2.